The van der Waals surface area contributed by atoms with Gasteiger partial charge in [0.25, 0.3) is 11.7 Å². The molecule has 16 nitrogen and oxygen atoms in total. The number of ketones is 1. The van der Waals surface area contributed by atoms with Gasteiger partial charge >= 0.3 is 11.8 Å². The lowest BCUT2D eigenvalue weighted by atomic mass is 9.73. The van der Waals surface area contributed by atoms with Crippen molar-refractivity contribution in [1.29, 1.82) is 0 Å². The zero-order chi connectivity index (χ0) is 43.7. The molecule has 9 atom stereocenters. The number of allylic oxidation sites excluding steroid dienone is 2. The number of fused-ring (bicyclic) bond motifs is 14. The van der Waals surface area contributed by atoms with Gasteiger partial charge in [0.05, 0.1) is 66.0 Å². The Bertz CT molecular complexity index is 2070. The van der Waals surface area contributed by atoms with Crippen molar-refractivity contribution < 1.29 is 58.9 Å². The number of ether oxygens (including phenoxy) is 4. The molecule has 322 valence electrons. The first-order valence-electron chi connectivity index (χ1n) is 19.7. The molecular formula is C43H58N4O12. The van der Waals surface area contributed by atoms with Gasteiger partial charge in [-0.15, -0.1) is 0 Å². The number of aromatic hydroxyl groups is 3. The molecule has 6 N–H and O–H groups in total. The second kappa shape index (κ2) is 18.0. The van der Waals surface area contributed by atoms with Crippen molar-refractivity contribution in [1.82, 2.24) is 9.91 Å². The molecule has 0 spiro atoms. The first-order valence-corrected chi connectivity index (χ1v) is 19.7. The number of aliphatic hydroxyl groups is 2. The van der Waals surface area contributed by atoms with Crippen LogP contribution in [-0.2, 0) is 23.8 Å². The number of carbonyl (C=O) groups excluding carboxylic acids is 3. The van der Waals surface area contributed by atoms with Crippen LogP contribution >= 0.6 is 0 Å². The van der Waals surface area contributed by atoms with Gasteiger partial charge in [-0.3, -0.25) is 19.4 Å². The second-order valence-corrected chi connectivity index (χ2v) is 16.1. The number of nitrogens with zero attached hydrogens (tertiary/aromatic N) is 3. The van der Waals surface area contributed by atoms with Gasteiger partial charge in [-0.25, -0.2) is 0 Å². The fourth-order valence-electron chi connectivity index (χ4n) is 8.12. The van der Waals surface area contributed by atoms with E-state index >= 15 is 0 Å². The van der Waals surface area contributed by atoms with Crippen molar-refractivity contribution in [3.63, 3.8) is 0 Å². The highest BCUT2D eigenvalue weighted by molar-refractivity contribution is 6.23. The van der Waals surface area contributed by atoms with Crippen molar-refractivity contribution in [3.8, 4) is 23.0 Å². The van der Waals surface area contributed by atoms with Gasteiger partial charge in [0.1, 0.15) is 17.2 Å². The Kier molecular flexibility index (Phi) is 13.7. The molecule has 0 aromatic heterocycles. The van der Waals surface area contributed by atoms with Crippen LogP contribution in [0.1, 0.15) is 63.0 Å². The number of anilines is 1. The highest BCUT2D eigenvalue weighted by Gasteiger charge is 2.50. The van der Waals surface area contributed by atoms with E-state index < -0.39 is 88.6 Å². The monoisotopic (exact) mass is 822 g/mol. The van der Waals surface area contributed by atoms with E-state index in [1.54, 1.807) is 44.9 Å². The van der Waals surface area contributed by atoms with E-state index in [2.05, 4.69) is 15.3 Å². The minimum Gasteiger partial charge on any atom is -0.507 e. The summed E-state index contributed by atoms with van der Waals surface area (Å²) in [5, 5.41) is 66.9. The molecule has 0 radical (unpaired) electrons. The van der Waals surface area contributed by atoms with Gasteiger partial charge in [0, 0.05) is 68.6 Å². The number of phenolic OH excluding ortho intramolecular Hbond substituents is 3. The van der Waals surface area contributed by atoms with Crippen molar-refractivity contribution in [3.05, 3.63) is 52.8 Å². The van der Waals surface area contributed by atoms with E-state index in [-0.39, 0.29) is 44.5 Å². The predicted molar refractivity (Wildman–Crippen MR) is 220 cm³/mol. The summed E-state index contributed by atoms with van der Waals surface area (Å²) in [5.74, 6) is -9.41. The molecule has 0 aliphatic carbocycles. The molecule has 5 bridgehead atoms. The van der Waals surface area contributed by atoms with Gasteiger partial charge in [-0.1, -0.05) is 45.9 Å². The maximum Gasteiger partial charge on any atom is 0.312 e. The lowest BCUT2D eigenvalue weighted by molar-refractivity contribution is -0.155. The van der Waals surface area contributed by atoms with E-state index in [4.69, 9.17) is 18.9 Å². The van der Waals surface area contributed by atoms with Crippen molar-refractivity contribution >= 4 is 40.3 Å². The number of hydrogen-bond acceptors (Lipinski definition) is 15. The van der Waals surface area contributed by atoms with Crippen LogP contribution in [0.15, 0.2) is 41.2 Å². The van der Waals surface area contributed by atoms with Crippen LogP contribution in [0.5, 0.6) is 23.0 Å². The molecule has 4 aliphatic heterocycles. The molecule has 4 heterocycles. The first-order chi connectivity index (χ1) is 27.8. The molecule has 1 saturated heterocycles. The number of aliphatic hydroxyl groups excluding tert-OH is 2. The minimum atomic E-state index is -2.05. The Morgan fingerprint density at radius 1 is 0.932 bits per heavy atom. The van der Waals surface area contributed by atoms with Gasteiger partial charge in [0.2, 0.25) is 0 Å². The summed E-state index contributed by atoms with van der Waals surface area (Å²) in [6.07, 6.45) is 5.65. The SMILES string of the molecule is COC(=O)[C@H]1[C@H](C)[C@@H](O)[C@@H](C)[C@@H](O)[C@@H](C)/C=C/C=C(/C)C(=O)Nc2c(/C=N\N3CCN(C)CC3)c(O)c3c4c(c(C)c(O)c3c2O)O[C@](C)(O/C=C/[C@@H](OC)[C@H]1C)C4=O. The Balaban J connectivity index is 1.71. The number of Topliss-reactive ketones (excluding diaryl/α,β-unsaturated/α-hetero) is 1. The third-order valence-electron chi connectivity index (χ3n) is 12.1. The summed E-state index contributed by atoms with van der Waals surface area (Å²) in [6.45, 7) is 13.8. The lowest BCUT2D eigenvalue weighted by Crippen LogP contribution is -2.45. The molecule has 1 amide bonds. The highest BCUT2D eigenvalue weighted by Crippen LogP contribution is 2.55. The Labute approximate surface area is 344 Å². The largest absolute Gasteiger partial charge is 0.507 e. The maximum absolute atomic E-state index is 14.4. The van der Waals surface area contributed by atoms with E-state index in [9.17, 15) is 39.9 Å². The lowest BCUT2D eigenvalue weighted by Gasteiger charge is -2.37. The number of rotatable bonds is 4. The average Bonchev–Trinajstić information content (AvgIpc) is 3.47. The molecule has 6 rings (SSSR count). The van der Waals surface area contributed by atoms with Crippen LogP contribution in [0.4, 0.5) is 5.69 Å². The summed E-state index contributed by atoms with van der Waals surface area (Å²) in [6, 6.07) is 0. The zero-order valence-corrected chi connectivity index (χ0v) is 35.3. The first kappa shape index (κ1) is 44.9. The number of amides is 1. The number of phenols is 3. The van der Waals surface area contributed by atoms with E-state index in [0.717, 1.165) is 13.1 Å². The van der Waals surface area contributed by atoms with Crippen molar-refractivity contribution in [2.75, 3.05) is 52.8 Å². The number of hydrogen-bond donors (Lipinski definition) is 6. The third-order valence-corrected chi connectivity index (χ3v) is 12.1. The quantitative estimate of drug-likeness (QED) is 0.110. The molecule has 2 aromatic carbocycles. The number of piperazine rings is 1. The molecule has 1 fully saturated rings. The van der Waals surface area contributed by atoms with Crippen LogP contribution in [0.2, 0.25) is 0 Å². The minimum absolute atomic E-state index is 0.0529. The Morgan fingerprint density at radius 2 is 1.59 bits per heavy atom. The van der Waals surface area contributed by atoms with Gasteiger partial charge in [-0.05, 0) is 38.8 Å². The number of methoxy groups -OCH3 is 2. The Hall–Kier alpha value is -5.16. The van der Waals surface area contributed by atoms with E-state index in [1.165, 1.54) is 59.6 Å². The normalized spacial score (nSPS) is 32.1. The van der Waals surface area contributed by atoms with E-state index in [0.29, 0.717) is 13.1 Å². The topological polar surface area (TPSA) is 220 Å². The van der Waals surface area contributed by atoms with Crippen LogP contribution < -0.4 is 10.1 Å². The van der Waals surface area contributed by atoms with Crippen LogP contribution in [0.3, 0.4) is 0 Å². The average molecular weight is 823 g/mol. The van der Waals surface area contributed by atoms with Crippen LogP contribution in [0, 0.1) is 36.5 Å². The summed E-state index contributed by atoms with van der Waals surface area (Å²) < 4.78 is 23.0. The summed E-state index contributed by atoms with van der Waals surface area (Å²) >= 11 is 0. The zero-order valence-electron chi connectivity index (χ0n) is 35.3. The standard InChI is InChI=1S/C43H58N4O12/c1-21-12-11-13-22(2)41(54)45-33-27(20-44-47-17-15-46(8)16-18-47)37(51)30-31(38(33)52)36(50)26(6)39-32(30)40(53)43(7,59-39)58-19-14-28(56-9)23(3)29(42(55)57-10)24(4)35(49)25(5)34(21)48/h11-14,19-21,23-25,28-29,34-35,48-52H,15-18H2,1-10H3,(H,45,54)/b12-11+,19-14+,22-13-,44-20-/t21-,23+,24-,25-,28+,29+,34-,35+,43-/m0/s1. The molecule has 0 unspecified atom stereocenters. The molecular weight excluding hydrogens is 764 g/mol. The molecule has 16 heteroatoms. The van der Waals surface area contributed by atoms with Crippen LogP contribution in [-0.4, -0.2) is 131 Å². The predicted octanol–water partition coefficient (Wildman–Crippen LogP) is 4.19. The highest BCUT2D eigenvalue weighted by atomic mass is 16.7. The van der Waals surface area contributed by atoms with E-state index in [1.807, 2.05) is 7.05 Å². The van der Waals surface area contributed by atoms with Crippen molar-refractivity contribution in [2.24, 2.45) is 34.7 Å². The number of benzene rings is 2. The summed E-state index contributed by atoms with van der Waals surface area (Å²) in [4.78, 5) is 43.6. The van der Waals surface area contributed by atoms with Crippen molar-refractivity contribution in [2.45, 2.75) is 72.6 Å². The number of likely N-dealkylation sites (N-methyl/N-ethyl adjacent to an activating group) is 1. The number of esters is 1. The third kappa shape index (κ3) is 8.62. The fourth-order valence-corrected chi connectivity index (χ4v) is 8.12. The van der Waals surface area contributed by atoms with Gasteiger partial charge in [-0.2, -0.15) is 5.10 Å². The number of nitrogens with one attached hydrogen (secondary N) is 1. The van der Waals surface area contributed by atoms with Gasteiger partial charge < -0.3 is 54.7 Å². The number of hydrazone groups is 1. The number of carbonyl (C=O) groups is 3. The molecule has 0 saturated carbocycles. The smallest absolute Gasteiger partial charge is 0.312 e. The molecule has 59 heavy (non-hydrogen) atoms. The summed E-state index contributed by atoms with van der Waals surface area (Å²) in [7, 11) is 4.65. The Morgan fingerprint density at radius 3 is 2.22 bits per heavy atom. The van der Waals surface area contributed by atoms with Gasteiger partial charge in [0.15, 0.2) is 5.75 Å². The molecule has 4 aliphatic rings. The summed E-state index contributed by atoms with van der Waals surface area (Å²) in [5.41, 5.74) is -0.364. The fraction of sp³-hybridized carbons (Fsp3) is 0.535. The van der Waals surface area contributed by atoms with Crippen LogP contribution in [0.25, 0.3) is 10.8 Å². The molecule has 2 aromatic rings. The maximum atomic E-state index is 14.4. The second-order valence-electron chi connectivity index (χ2n) is 16.1.